The lowest BCUT2D eigenvalue weighted by Gasteiger charge is -2.61. The van der Waals surface area contributed by atoms with Gasteiger partial charge in [0.25, 0.3) is 0 Å². The molecule has 1 N–H and O–H groups in total. The van der Waals surface area contributed by atoms with E-state index >= 15 is 0 Å². The van der Waals surface area contributed by atoms with Crippen LogP contribution < -0.4 is 5.32 Å². The summed E-state index contributed by atoms with van der Waals surface area (Å²) in [6.07, 6.45) is 4.95. The van der Waals surface area contributed by atoms with Gasteiger partial charge < -0.3 is 10.2 Å². The zero-order valence-electron chi connectivity index (χ0n) is 21.1. The van der Waals surface area contributed by atoms with E-state index in [0.717, 1.165) is 57.3 Å². The van der Waals surface area contributed by atoms with E-state index < -0.39 is 11.6 Å². The molecule has 5 fully saturated rings. The first-order valence-electron chi connectivity index (χ1n) is 13.7. The lowest BCUT2D eigenvalue weighted by atomic mass is 9.42. The molecule has 4 aliphatic carbocycles. The molecule has 0 spiro atoms. The second kappa shape index (κ2) is 8.54. The van der Waals surface area contributed by atoms with Gasteiger partial charge in [-0.1, -0.05) is 61.5 Å². The summed E-state index contributed by atoms with van der Waals surface area (Å²) in [5.41, 5.74) is 3.26. The molecular formula is C30H39FN2O2. The number of hydrogen-bond donors (Lipinski definition) is 1. The molecule has 0 radical (unpaired) electrons. The fourth-order valence-electron chi connectivity index (χ4n) is 8.98. The Kier molecular flexibility index (Phi) is 5.71. The molecule has 1 aliphatic heterocycles. The standard InChI is InChI=1S/C30H39FN2O2/c1-18-15-21-22(9-12-30(3)23(21)16-24(31)28(30)34)29(2)13-10-25(33-35-20-11-14-32-17-20)26(27(18)29)19-7-5-4-6-8-19/h4-8,20-24,26-27,32H,1,9-17H2,2-3H3/b33-25+/t20?,21?,22?,23?,24?,26?,27?,29-,30+/m1/s1. The molecule has 1 aromatic carbocycles. The van der Waals surface area contributed by atoms with Crippen molar-refractivity contribution in [1.29, 1.82) is 0 Å². The van der Waals surface area contributed by atoms with Crippen LogP contribution in [0.1, 0.15) is 70.3 Å². The molecule has 6 rings (SSSR count). The average molecular weight is 479 g/mol. The van der Waals surface area contributed by atoms with E-state index in [1.54, 1.807) is 0 Å². The van der Waals surface area contributed by atoms with Crippen molar-refractivity contribution in [2.75, 3.05) is 13.1 Å². The van der Waals surface area contributed by atoms with Crippen LogP contribution in [0.5, 0.6) is 0 Å². The van der Waals surface area contributed by atoms with E-state index in [0.29, 0.717) is 18.3 Å². The number of carbonyl (C=O) groups is 1. The summed E-state index contributed by atoms with van der Waals surface area (Å²) in [5.74, 6) is 1.28. The smallest absolute Gasteiger partial charge is 0.173 e. The van der Waals surface area contributed by atoms with Crippen molar-refractivity contribution in [1.82, 2.24) is 5.32 Å². The third-order valence-corrected chi connectivity index (χ3v) is 10.7. The van der Waals surface area contributed by atoms with Gasteiger partial charge in [0.05, 0.1) is 5.71 Å². The first-order chi connectivity index (χ1) is 16.8. The Morgan fingerprint density at radius 3 is 2.69 bits per heavy atom. The Balaban J connectivity index is 1.36. The van der Waals surface area contributed by atoms with Gasteiger partial charge in [-0.25, -0.2) is 4.39 Å². The minimum absolute atomic E-state index is 0.0627. The number of hydrogen-bond acceptors (Lipinski definition) is 4. The summed E-state index contributed by atoms with van der Waals surface area (Å²) < 4.78 is 14.7. The van der Waals surface area contributed by atoms with E-state index in [9.17, 15) is 9.18 Å². The number of ketones is 1. The molecule has 5 aliphatic rings. The molecule has 7 unspecified atom stereocenters. The van der Waals surface area contributed by atoms with Gasteiger partial charge in [0, 0.05) is 24.3 Å². The zero-order valence-corrected chi connectivity index (χ0v) is 21.1. The van der Waals surface area contributed by atoms with Gasteiger partial charge in [-0.15, -0.1) is 0 Å². The quantitative estimate of drug-likeness (QED) is 0.439. The third kappa shape index (κ3) is 3.55. The molecule has 5 heteroatoms. The first kappa shape index (κ1) is 23.4. The Hall–Kier alpha value is -2.01. The molecule has 188 valence electrons. The summed E-state index contributed by atoms with van der Waals surface area (Å²) >= 11 is 0. The van der Waals surface area contributed by atoms with Gasteiger partial charge >= 0.3 is 0 Å². The largest absolute Gasteiger partial charge is 0.391 e. The topological polar surface area (TPSA) is 50.7 Å². The SMILES string of the molecule is C=C1CC2C(CC[C@]3(C)C(=O)C(F)CC23)[C@@]2(C)CC/C(=N\OC3CCNC3)C(c3ccccc3)C12. The fourth-order valence-corrected chi connectivity index (χ4v) is 8.98. The minimum atomic E-state index is -1.29. The first-order valence-corrected chi connectivity index (χ1v) is 13.7. The van der Waals surface area contributed by atoms with Crippen LogP contribution in [0.3, 0.4) is 0 Å². The third-order valence-electron chi connectivity index (χ3n) is 10.7. The number of rotatable bonds is 3. The van der Waals surface area contributed by atoms with Crippen molar-refractivity contribution < 1.29 is 14.0 Å². The van der Waals surface area contributed by atoms with E-state index in [1.165, 1.54) is 11.1 Å². The summed E-state index contributed by atoms with van der Waals surface area (Å²) in [6.45, 7) is 11.0. The number of benzene rings is 1. The summed E-state index contributed by atoms with van der Waals surface area (Å²) in [5, 5.41) is 8.17. The van der Waals surface area contributed by atoms with E-state index in [4.69, 9.17) is 9.99 Å². The fraction of sp³-hybridized carbons (Fsp3) is 0.667. The van der Waals surface area contributed by atoms with Gasteiger partial charge in [0.1, 0.15) is 6.10 Å². The predicted molar refractivity (Wildman–Crippen MR) is 136 cm³/mol. The van der Waals surface area contributed by atoms with Crippen molar-refractivity contribution in [3.8, 4) is 0 Å². The molecule has 4 nitrogen and oxygen atoms in total. The van der Waals surface area contributed by atoms with Crippen molar-refractivity contribution >= 4 is 11.5 Å². The molecule has 1 heterocycles. The van der Waals surface area contributed by atoms with E-state index in [-0.39, 0.29) is 35.1 Å². The Morgan fingerprint density at radius 1 is 1.14 bits per heavy atom. The van der Waals surface area contributed by atoms with E-state index in [1.807, 2.05) is 6.92 Å². The van der Waals surface area contributed by atoms with E-state index in [2.05, 4.69) is 49.2 Å². The number of halogens is 1. The maximum atomic E-state index is 14.7. The van der Waals surface area contributed by atoms with Gasteiger partial charge in [-0.3, -0.25) is 4.79 Å². The van der Waals surface area contributed by atoms with Crippen molar-refractivity contribution in [3.05, 3.63) is 48.0 Å². The number of oxime groups is 1. The molecule has 9 atom stereocenters. The Bertz CT molecular complexity index is 1030. The molecule has 4 saturated carbocycles. The monoisotopic (exact) mass is 478 g/mol. The highest BCUT2D eigenvalue weighted by molar-refractivity contribution is 5.93. The van der Waals surface area contributed by atoms with Gasteiger partial charge in [-0.2, -0.15) is 0 Å². The number of carbonyl (C=O) groups excluding carboxylic acids is 1. The van der Waals surface area contributed by atoms with Crippen molar-refractivity contribution in [2.45, 2.75) is 77.0 Å². The number of nitrogens with one attached hydrogen (secondary N) is 1. The minimum Gasteiger partial charge on any atom is -0.391 e. The number of Topliss-reactive ketones (excluding diaryl/α,β-unsaturated/α-hetero) is 1. The average Bonchev–Trinajstić information content (AvgIpc) is 3.45. The van der Waals surface area contributed by atoms with Crippen LogP contribution in [0, 0.1) is 34.5 Å². The normalized spacial score (nSPS) is 46.3. The predicted octanol–water partition coefficient (Wildman–Crippen LogP) is 5.84. The second-order valence-electron chi connectivity index (χ2n) is 12.4. The number of fused-ring (bicyclic) bond motifs is 5. The molecule has 0 bridgehead atoms. The number of alkyl halides is 1. The Morgan fingerprint density at radius 2 is 1.94 bits per heavy atom. The highest BCUT2D eigenvalue weighted by Crippen LogP contribution is 2.68. The molecular weight excluding hydrogens is 439 g/mol. The lowest BCUT2D eigenvalue weighted by molar-refractivity contribution is -0.137. The highest BCUT2D eigenvalue weighted by Gasteiger charge is 2.64. The number of nitrogens with zero attached hydrogens (tertiary/aromatic N) is 1. The second-order valence-corrected chi connectivity index (χ2v) is 12.4. The van der Waals surface area contributed by atoms with Crippen LogP contribution in [-0.2, 0) is 9.63 Å². The number of allylic oxidation sites excluding steroid dienone is 1. The van der Waals surface area contributed by atoms with Crippen LogP contribution >= 0.6 is 0 Å². The van der Waals surface area contributed by atoms with Crippen LogP contribution in [-0.4, -0.2) is 36.9 Å². The maximum absolute atomic E-state index is 14.7. The van der Waals surface area contributed by atoms with Crippen LogP contribution in [0.25, 0.3) is 0 Å². The molecule has 0 aromatic heterocycles. The maximum Gasteiger partial charge on any atom is 0.173 e. The molecule has 35 heavy (non-hydrogen) atoms. The van der Waals surface area contributed by atoms with Gasteiger partial charge in [0.15, 0.2) is 12.0 Å². The zero-order chi connectivity index (χ0) is 24.4. The van der Waals surface area contributed by atoms with Crippen molar-refractivity contribution in [2.24, 2.45) is 39.7 Å². The summed E-state index contributed by atoms with van der Waals surface area (Å²) in [7, 11) is 0. The Labute approximate surface area is 208 Å². The lowest BCUT2D eigenvalue weighted by Crippen LogP contribution is -2.56. The van der Waals surface area contributed by atoms with Gasteiger partial charge in [0.2, 0.25) is 0 Å². The van der Waals surface area contributed by atoms with Crippen LogP contribution in [0.4, 0.5) is 4.39 Å². The van der Waals surface area contributed by atoms with Crippen LogP contribution in [0.2, 0.25) is 0 Å². The summed E-state index contributed by atoms with van der Waals surface area (Å²) in [6, 6.07) is 10.8. The molecule has 0 amide bonds. The molecule has 1 aromatic rings. The highest BCUT2D eigenvalue weighted by atomic mass is 19.1. The molecule has 1 saturated heterocycles. The van der Waals surface area contributed by atoms with Crippen molar-refractivity contribution in [3.63, 3.8) is 0 Å². The van der Waals surface area contributed by atoms with Gasteiger partial charge in [-0.05, 0) is 79.7 Å². The van der Waals surface area contributed by atoms with Crippen LogP contribution in [0.15, 0.2) is 47.6 Å². The summed E-state index contributed by atoms with van der Waals surface area (Å²) in [4.78, 5) is 18.9.